The Labute approximate surface area is 122 Å². The molecule has 0 saturated carbocycles. The summed E-state index contributed by atoms with van der Waals surface area (Å²) >= 11 is 1.63. The van der Waals surface area contributed by atoms with Crippen molar-refractivity contribution in [3.8, 4) is 0 Å². The van der Waals surface area contributed by atoms with Gasteiger partial charge < -0.3 is 15.7 Å². The van der Waals surface area contributed by atoms with Gasteiger partial charge in [-0.15, -0.1) is 11.3 Å². The number of carbonyl (C=O) groups excluding carboxylic acids is 1. The van der Waals surface area contributed by atoms with Crippen molar-refractivity contribution in [3.05, 3.63) is 51.7 Å². The molecule has 0 saturated heterocycles. The third kappa shape index (κ3) is 3.82. The molecule has 106 valence electrons. The molecule has 1 heterocycles. The molecule has 2 amide bonds. The van der Waals surface area contributed by atoms with Crippen LogP contribution in [-0.2, 0) is 6.54 Å². The van der Waals surface area contributed by atoms with Crippen molar-refractivity contribution in [1.82, 2.24) is 5.32 Å². The summed E-state index contributed by atoms with van der Waals surface area (Å²) in [5.74, 6) is 0. The number of carbonyl (C=O) groups is 1. The number of aliphatic hydroxyl groups excluding tert-OH is 1. The first kappa shape index (κ1) is 14.6. The lowest BCUT2D eigenvalue weighted by atomic mass is 10.1. The number of rotatable bonds is 4. The smallest absolute Gasteiger partial charge is 0.319 e. The van der Waals surface area contributed by atoms with E-state index in [1.54, 1.807) is 42.5 Å². The molecular formula is C15H18N2O2S. The first-order chi connectivity index (χ1) is 9.56. The number of urea groups is 1. The van der Waals surface area contributed by atoms with Crippen LogP contribution in [0.1, 0.15) is 29.0 Å². The van der Waals surface area contributed by atoms with Crippen LogP contribution in [0.5, 0.6) is 0 Å². The van der Waals surface area contributed by atoms with Crippen molar-refractivity contribution >= 4 is 23.1 Å². The van der Waals surface area contributed by atoms with E-state index in [0.717, 1.165) is 10.4 Å². The van der Waals surface area contributed by atoms with Gasteiger partial charge >= 0.3 is 6.03 Å². The van der Waals surface area contributed by atoms with Gasteiger partial charge in [0, 0.05) is 10.6 Å². The number of anilines is 1. The minimum absolute atomic E-state index is 0.234. The molecule has 0 spiro atoms. The molecule has 2 rings (SSSR count). The predicted molar refractivity (Wildman–Crippen MR) is 82.0 cm³/mol. The zero-order chi connectivity index (χ0) is 14.5. The largest absolute Gasteiger partial charge is 0.389 e. The van der Waals surface area contributed by atoms with E-state index in [-0.39, 0.29) is 6.03 Å². The highest BCUT2D eigenvalue weighted by Crippen LogP contribution is 2.16. The van der Waals surface area contributed by atoms with Crippen LogP contribution in [0.15, 0.2) is 35.7 Å². The van der Waals surface area contributed by atoms with E-state index in [2.05, 4.69) is 10.6 Å². The maximum Gasteiger partial charge on any atom is 0.319 e. The second-order valence-electron chi connectivity index (χ2n) is 4.63. The number of aryl methyl sites for hydroxylation is 1. The average Bonchev–Trinajstić information content (AvgIpc) is 2.82. The number of hydrogen-bond acceptors (Lipinski definition) is 3. The molecule has 0 radical (unpaired) electrons. The number of hydrogen-bond donors (Lipinski definition) is 3. The Morgan fingerprint density at radius 1 is 1.30 bits per heavy atom. The van der Waals surface area contributed by atoms with Crippen molar-refractivity contribution in [2.45, 2.75) is 26.5 Å². The van der Waals surface area contributed by atoms with Gasteiger partial charge in [0.05, 0.1) is 12.6 Å². The van der Waals surface area contributed by atoms with Gasteiger partial charge in [-0.1, -0.05) is 12.1 Å². The molecule has 3 N–H and O–H groups in total. The van der Waals surface area contributed by atoms with Gasteiger partial charge in [-0.2, -0.15) is 0 Å². The SMILES string of the molecule is Cc1ccsc1CNC(=O)Nc1ccc(C(C)O)cc1. The van der Waals surface area contributed by atoms with Crippen LogP contribution in [0.25, 0.3) is 0 Å². The predicted octanol–water partition coefficient (Wildman–Crippen LogP) is 3.43. The lowest BCUT2D eigenvalue weighted by Gasteiger charge is -2.09. The molecule has 1 unspecified atom stereocenters. The summed E-state index contributed by atoms with van der Waals surface area (Å²) in [5.41, 5.74) is 2.72. The summed E-state index contributed by atoms with van der Waals surface area (Å²) < 4.78 is 0. The Balaban J connectivity index is 1.86. The van der Waals surface area contributed by atoms with Crippen LogP contribution in [0.4, 0.5) is 10.5 Å². The van der Waals surface area contributed by atoms with E-state index in [1.807, 2.05) is 18.4 Å². The topological polar surface area (TPSA) is 61.4 Å². The molecule has 1 aromatic heterocycles. The molecular weight excluding hydrogens is 272 g/mol. The van der Waals surface area contributed by atoms with Gasteiger partial charge in [-0.3, -0.25) is 0 Å². The highest BCUT2D eigenvalue weighted by molar-refractivity contribution is 7.10. The molecule has 1 atom stereocenters. The molecule has 0 aliphatic heterocycles. The molecule has 5 heteroatoms. The van der Waals surface area contributed by atoms with Crippen LogP contribution in [0.3, 0.4) is 0 Å². The summed E-state index contributed by atoms with van der Waals surface area (Å²) in [7, 11) is 0. The summed E-state index contributed by atoms with van der Waals surface area (Å²) in [4.78, 5) is 12.9. The number of benzene rings is 1. The van der Waals surface area contributed by atoms with Crippen molar-refractivity contribution in [2.24, 2.45) is 0 Å². The van der Waals surface area contributed by atoms with Crippen molar-refractivity contribution in [3.63, 3.8) is 0 Å². The van der Waals surface area contributed by atoms with E-state index < -0.39 is 6.10 Å². The molecule has 2 aromatic rings. The Kier molecular flexibility index (Phi) is 4.76. The number of nitrogens with one attached hydrogen (secondary N) is 2. The quantitative estimate of drug-likeness (QED) is 0.808. The van der Waals surface area contributed by atoms with Gasteiger partial charge in [-0.05, 0) is 48.6 Å². The van der Waals surface area contributed by atoms with Crippen LogP contribution in [0.2, 0.25) is 0 Å². The van der Waals surface area contributed by atoms with Crippen LogP contribution in [-0.4, -0.2) is 11.1 Å². The van der Waals surface area contributed by atoms with E-state index in [1.165, 1.54) is 5.56 Å². The molecule has 1 aromatic carbocycles. The van der Waals surface area contributed by atoms with Crippen molar-refractivity contribution in [2.75, 3.05) is 5.32 Å². The zero-order valence-electron chi connectivity index (χ0n) is 11.5. The second kappa shape index (κ2) is 6.54. The van der Waals surface area contributed by atoms with E-state index in [4.69, 9.17) is 0 Å². The standard InChI is InChI=1S/C15H18N2O2S/c1-10-7-8-20-14(10)9-16-15(19)17-13-5-3-12(4-6-13)11(2)18/h3-8,11,18H,9H2,1-2H3,(H2,16,17,19). The molecule has 0 bridgehead atoms. The Bertz CT molecular complexity index is 576. The molecule has 0 aliphatic carbocycles. The van der Waals surface area contributed by atoms with E-state index >= 15 is 0 Å². The van der Waals surface area contributed by atoms with E-state index in [0.29, 0.717) is 12.2 Å². The normalized spacial score (nSPS) is 11.9. The first-order valence-corrected chi connectivity index (χ1v) is 7.30. The highest BCUT2D eigenvalue weighted by atomic mass is 32.1. The second-order valence-corrected chi connectivity index (χ2v) is 5.63. The van der Waals surface area contributed by atoms with Gasteiger partial charge in [-0.25, -0.2) is 4.79 Å². The summed E-state index contributed by atoms with van der Waals surface area (Å²) in [6.07, 6.45) is -0.500. The Hall–Kier alpha value is -1.85. The fourth-order valence-electron chi connectivity index (χ4n) is 1.77. The van der Waals surface area contributed by atoms with Crippen LogP contribution in [0, 0.1) is 6.92 Å². The lowest BCUT2D eigenvalue weighted by Crippen LogP contribution is -2.28. The van der Waals surface area contributed by atoms with Gasteiger partial charge in [0.15, 0.2) is 0 Å². The maximum absolute atomic E-state index is 11.8. The van der Waals surface area contributed by atoms with E-state index in [9.17, 15) is 9.90 Å². The summed E-state index contributed by atoms with van der Waals surface area (Å²) in [6, 6.07) is 8.94. The summed E-state index contributed by atoms with van der Waals surface area (Å²) in [5, 5.41) is 17.0. The Morgan fingerprint density at radius 2 is 2.00 bits per heavy atom. The third-order valence-corrected chi connectivity index (χ3v) is 4.05. The zero-order valence-corrected chi connectivity index (χ0v) is 12.3. The van der Waals surface area contributed by atoms with Crippen LogP contribution < -0.4 is 10.6 Å². The molecule has 4 nitrogen and oxygen atoms in total. The molecule has 0 fully saturated rings. The Morgan fingerprint density at radius 3 is 2.55 bits per heavy atom. The third-order valence-electron chi connectivity index (χ3n) is 3.03. The van der Waals surface area contributed by atoms with Gasteiger partial charge in [0.1, 0.15) is 0 Å². The van der Waals surface area contributed by atoms with Crippen molar-refractivity contribution in [1.29, 1.82) is 0 Å². The number of amides is 2. The highest BCUT2D eigenvalue weighted by Gasteiger charge is 2.05. The van der Waals surface area contributed by atoms with Gasteiger partial charge in [0.2, 0.25) is 0 Å². The minimum atomic E-state index is -0.500. The molecule has 0 aliphatic rings. The van der Waals surface area contributed by atoms with Crippen molar-refractivity contribution < 1.29 is 9.90 Å². The summed E-state index contributed by atoms with van der Waals surface area (Å²) in [6.45, 7) is 4.26. The average molecular weight is 290 g/mol. The number of aliphatic hydroxyl groups is 1. The van der Waals surface area contributed by atoms with Crippen LogP contribution >= 0.6 is 11.3 Å². The fraction of sp³-hybridized carbons (Fsp3) is 0.267. The maximum atomic E-state index is 11.8. The number of thiophene rings is 1. The first-order valence-electron chi connectivity index (χ1n) is 6.42. The fourth-order valence-corrected chi connectivity index (χ4v) is 2.61. The van der Waals surface area contributed by atoms with Gasteiger partial charge in [0.25, 0.3) is 0 Å². The monoisotopic (exact) mass is 290 g/mol. The molecule has 20 heavy (non-hydrogen) atoms. The lowest BCUT2D eigenvalue weighted by molar-refractivity contribution is 0.199. The minimum Gasteiger partial charge on any atom is -0.389 e.